The number of carbonyl (C=O) groups is 1. The molecule has 0 spiro atoms. The fraction of sp³-hybridized carbons (Fsp3) is 0.833. The highest BCUT2D eigenvalue weighted by Gasteiger charge is 2.05. The van der Waals surface area contributed by atoms with Gasteiger partial charge in [0, 0.05) is 12.6 Å². The molecule has 0 saturated heterocycles. The van der Waals surface area contributed by atoms with Crippen molar-refractivity contribution in [1.29, 1.82) is 0 Å². The van der Waals surface area contributed by atoms with Gasteiger partial charge in [0.1, 0.15) is 0 Å². The summed E-state index contributed by atoms with van der Waals surface area (Å²) in [6, 6.07) is -0.457. The first-order valence-electron chi connectivity index (χ1n) is 3.33. The molecule has 0 saturated carbocycles. The zero-order chi connectivity index (χ0) is 8.15. The van der Waals surface area contributed by atoms with E-state index in [9.17, 15) is 4.79 Å². The van der Waals surface area contributed by atoms with Gasteiger partial charge in [-0.1, -0.05) is 0 Å². The van der Waals surface area contributed by atoms with Gasteiger partial charge in [0.15, 0.2) is 0 Å². The Balaban J connectivity index is 3.40. The number of carbonyl (C=O) groups excluding carboxylic acids is 1. The molecular weight excluding hydrogens is 130 g/mol. The van der Waals surface area contributed by atoms with Gasteiger partial charge < -0.3 is 16.8 Å². The van der Waals surface area contributed by atoms with Gasteiger partial charge in [0.05, 0.1) is 6.04 Å². The van der Waals surface area contributed by atoms with Crippen molar-refractivity contribution in [1.82, 2.24) is 5.32 Å². The highest BCUT2D eigenvalue weighted by Crippen LogP contribution is 1.75. The van der Waals surface area contributed by atoms with Crippen molar-refractivity contribution in [2.75, 3.05) is 6.54 Å². The lowest BCUT2D eigenvalue weighted by atomic mass is 10.3. The molecule has 0 radical (unpaired) electrons. The molecule has 0 fully saturated rings. The number of nitrogens with one attached hydrogen (secondary N) is 1. The first-order valence-corrected chi connectivity index (χ1v) is 3.33. The Morgan fingerprint density at radius 3 is 2.30 bits per heavy atom. The average molecular weight is 145 g/mol. The summed E-state index contributed by atoms with van der Waals surface area (Å²) in [6.45, 7) is 3.94. The Morgan fingerprint density at radius 2 is 2.00 bits per heavy atom. The van der Waals surface area contributed by atoms with Crippen LogP contribution in [0.4, 0.5) is 0 Å². The highest BCUT2D eigenvalue weighted by molar-refractivity contribution is 5.80. The predicted octanol–water partition coefficient (Wildman–Crippen LogP) is -1.20. The van der Waals surface area contributed by atoms with E-state index in [0.717, 1.165) is 0 Å². The molecule has 0 aliphatic rings. The third-order valence-corrected chi connectivity index (χ3v) is 1.01. The van der Waals surface area contributed by atoms with Gasteiger partial charge >= 0.3 is 0 Å². The lowest BCUT2D eigenvalue weighted by molar-refractivity contribution is -0.122. The zero-order valence-corrected chi connectivity index (χ0v) is 6.42. The maximum Gasteiger partial charge on any atom is 0.236 e. The van der Waals surface area contributed by atoms with Crippen LogP contribution in [0.25, 0.3) is 0 Å². The van der Waals surface area contributed by atoms with E-state index in [-0.39, 0.29) is 11.9 Å². The van der Waals surface area contributed by atoms with Crippen LogP contribution in [-0.4, -0.2) is 24.5 Å². The third kappa shape index (κ3) is 4.29. The number of rotatable bonds is 3. The summed E-state index contributed by atoms with van der Waals surface area (Å²) in [5, 5.41) is 2.59. The Bertz CT molecular complexity index is 112. The second-order valence-electron chi connectivity index (χ2n) is 2.51. The van der Waals surface area contributed by atoms with E-state index in [4.69, 9.17) is 11.5 Å². The van der Waals surface area contributed by atoms with Crippen molar-refractivity contribution in [2.45, 2.75) is 25.9 Å². The number of hydrogen-bond donors (Lipinski definition) is 3. The van der Waals surface area contributed by atoms with Gasteiger partial charge in [-0.05, 0) is 13.8 Å². The zero-order valence-electron chi connectivity index (χ0n) is 6.42. The van der Waals surface area contributed by atoms with E-state index < -0.39 is 6.04 Å². The molecule has 1 unspecified atom stereocenters. The first-order chi connectivity index (χ1) is 4.54. The average Bonchev–Trinajstić information content (AvgIpc) is 1.82. The molecule has 0 aliphatic carbocycles. The molecule has 0 aromatic rings. The van der Waals surface area contributed by atoms with Gasteiger partial charge in [-0.25, -0.2) is 0 Å². The molecule has 0 aromatic heterocycles. The third-order valence-electron chi connectivity index (χ3n) is 1.01. The maximum absolute atomic E-state index is 10.8. The quantitative estimate of drug-likeness (QED) is 0.466. The molecule has 0 aromatic carbocycles. The van der Waals surface area contributed by atoms with E-state index >= 15 is 0 Å². The van der Waals surface area contributed by atoms with Crippen molar-refractivity contribution in [3.8, 4) is 0 Å². The summed E-state index contributed by atoms with van der Waals surface area (Å²) in [7, 11) is 0. The molecule has 0 aliphatic heterocycles. The second kappa shape index (κ2) is 4.24. The number of nitrogens with two attached hydrogens (primary N) is 2. The van der Waals surface area contributed by atoms with Crippen molar-refractivity contribution < 1.29 is 4.79 Å². The molecule has 4 heteroatoms. The van der Waals surface area contributed by atoms with Crippen molar-refractivity contribution in [3.63, 3.8) is 0 Å². The molecule has 0 rings (SSSR count). The van der Waals surface area contributed by atoms with Crippen LogP contribution in [0, 0.1) is 0 Å². The van der Waals surface area contributed by atoms with Crippen LogP contribution in [0.5, 0.6) is 0 Å². The van der Waals surface area contributed by atoms with Crippen LogP contribution in [0.2, 0.25) is 0 Å². The fourth-order valence-corrected chi connectivity index (χ4v) is 0.423. The van der Waals surface area contributed by atoms with Gasteiger partial charge in [-0.2, -0.15) is 0 Å². The largest absolute Gasteiger partial charge is 0.353 e. The minimum absolute atomic E-state index is 0.0114. The summed E-state index contributed by atoms with van der Waals surface area (Å²) in [4.78, 5) is 10.8. The van der Waals surface area contributed by atoms with Gasteiger partial charge in [0.25, 0.3) is 0 Å². The maximum atomic E-state index is 10.8. The lowest BCUT2D eigenvalue weighted by Crippen LogP contribution is -2.43. The molecule has 60 valence electrons. The van der Waals surface area contributed by atoms with Crippen LogP contribution in [0.3, 0.4) is 0 Å². The smallest absolute Gasteiger partial charge is 0.236 e. The van der Waals surface area contributed by atoms with E-state index in [0.29, 0.717) is 6.54 Å². The summed E-state index contributed by atoms with van der Waals surface area (Å²) in [5.74, 6) is -0.155. The van der Waals surface area contributed by atoms with E-state index in [1.807, 2.05) is 6.92 Å². The minimum Gasteiger partial charge on any atom is -0.353 e. The fourth-order valence-electron chi connectivity index (χ4n) is 0.423. The molecule has 10 heavy (non-hydrogen) atoms. The van der Waals surface area contributed by atoms with E-state index in [1.165, 1.54) is 0 Å². The molecule has 0 heterocycles. The van der Waals surface area contributed by atoms with Crippen LogP contribution < -0.4 is 16.8 Å². The topological polar surface area (TPSA) is 81.1 Å². The molecule has 1 amide bonds. The Morgan fingerprint density at radius 1 is 1.50 bits per heavy atom. The van der Waals surface area contributed by atoms with Crippen LogP contribution in [0.15, 0.2) is 0 Å². The minimum atomic E-state index is -0.446. The molecule has 5 N–H and O–H groups in total. The van der Waals surface area contributed by atoms with Crippen LogP contribution in [0.1, 0.15) is 13.8 Å². The molecular formula is C6H15N3O. The normalized spacial score (nSPS) is 16.0. The van der Waals surface area contributed by atoms with Crippen molar-refractivity contribution >= 4 is 5.91 Å². The Labute approximate surface area is 61.0 Å². The Hall–Kier alpha value is -0.610. The summed E-state index contributed by atoms with van der Waals surface area (Å²) >= 11 is 0. The predicted molar refractivity (Wildman–Crippen MR) is 40.3 cm³/mol. The van der Waals surface area contributed by atoms with E-state index in [1.54, 1.807) is 6.92 Å². The van der Waals surface area contributed by atoms with Gasteiger partial charge in [-0.15, -0.1) is 0 Å². The summed E-state index contributed by atoms with van der Waals surface area (Å²) < 4.78 is 0. The van der Waals surface area contributed by atoms with Crippen molar-refractivity contribution in [2.24, 2.45) is 11.5 Å². The number of hydrogen-bond acceptors (Lipinski definition) is 3. The van der Waals surface area contributed by atoms with Crippen molar-refractivity contribution in [3.05, 3.63) is 0 Å². The Kier molecular flexibility index (Phi) is 3.99. The summed E-state index contributed by atoms with van der Waals surface area (Å²) in [6.07, 6.45) is 0. The molecule has 4 nitrogen and oxygen atoms in total. The standard InChI is InChI=1S/C6H15N3O/c1-4(7)3-9-6(10)5(2)8/h4-5H,3,7-8H2,1-2H3,(H,9,10)/t4?,5-/m0/s1. The van der Waals surface area contributed by atoms with Gasteiger partial charge in [0.2, 0.25) is 5.91 Å². The second-order valence-corrected chi connectivity index (χ2v) is 2.51. The van der Waals surface area contributed by atoms with E-state index in [2.05, 4.69) is 5.32 Å². The highest BCUT2D eigenvalue weighted by atomic mass is 16.2. The SMILES string of the molecule is CC(N)CNC(=O)[C@H](C)N. The summed E-state index contributed by atoms with van der Waals surface area (Å²) in [5.41, 5.74) is 10.7. The molecule has 0 bridgehead atoms. The molecule has 2 atom stereocenters. The first kappa shape index (κ1) is 9.39. The lowest BCUT2D eigenvalue weighted by Gasteiger charge is -2.08. The van der Waals surface area contributed by atoms with Crippen LogP contribution in [-0.2, 0) is 4.79 Å². The van der Waals surface area contributed by atoms with Gasteiger partial charge in [-0.3, -0.25) is 4.79 Å². The van der Waals surface area contributed by atoms with Crippen LogP contribution >= 0.6 is 0 Å². The number of amides is 1. The monoisotopic (exact) mass is 145 g/mol.